The van der Waals surface area contributed by atoms with Crippen molar-refractivity contribution in [3.63, 3.8) is 0 Å². The molecule has 5 rings (SSSR count). The van der Waals surface area contributed by atoms with Gasteiger partial charge in [-0.15, -0.1) is 11.8 Å². The number of anilines is 1. The molecule has 1 fully saturated rings. The van der Waals surface area contributed by atoms with Crippen LogP contribution in [0, 0.1) is 13.8 Å². The van der Waals surface area contributed by atoms with Crippen LogP contribution in [0.4, 0.5) is 5.69 Å². The average Bonchev–Trinajstić information content (AvgIpc) is 2.79. The highest BCUT2D eigenvalue weighted by Gasteiger charge is 2.41. The Morgan fingerprint density at radius 2 is 2.12 bits per heavy atom. The van der Waals surface area contributed by atoms with E-state index in [1.165, 1.54) is 52.3 Å². The Balaban J connectivity index is 1.70. The van der Waals surface area contributed by atoms with E-state index in [4.69, 9.17) is 0 Å². The van der Waals surface area contributed by atoms with E-state index in [0.717, 1.165) is 13.1 Å². The van der Waals surface area contributed by atoms with Crippen molar-refractivity contribution in [1.29, 1.82) is 0 Å². The normalized spacial score (nSPS) is 24.6. The van der Waals surface area contributed by atoms with Crippen LogP contribution in [0.5, 0.6) is 0 Å². The number of nitrogens with one attached hydrogen (secondary N) is 1. The standard InChI is InChI=1S/C22H26N2S/c1-14-5-3-6-17(15(14)2)16-11-18-19-13-23-8-7-20(19)24-9-4-10-25-21(12-16)22(18)24/h3,5-6,11-12,19-20,23H,4,7-10,13H2,1-2H3/t19-,20-/m0/s1. The maximum atomic E-state index is 3.64. The van der Waals surface area contributed by atoms with E-state index in [2.05, 4.69) is 66.2 Å². The first-order valence-corrected chi connectivity index (χ1v) is 10.6. The first-order chi connectivity index (χ1) is 12.2. The average molecular weight is 351 g/mol. The van der Waals surface area contributed by atoms with Gasteiger partial charge in [-0.3, -0.25) is 0 Å². The monoisotopic (exact) mass is 350 g/mol. The van der Waals surface area contributed by atoms with E-state index in [1.54, 1.807) is 11.3 Å². The van der Waals surface area contributed by atoms with Crippen LogP contribution >= 0.6 is 11.8 Å². The van der Waals surface area contributed by atoms with Crippen molar-refractivity contribution in [1.82, 2.24) is 5.32 Å². The van der Waals surface area contributed by atoms with Gasteiger partial charge in [-0.1, -0.05) is 18.2 Å². The van der Waals surface area contributed by atoms with E-state index < -0.39 is 0 Å². The van der Waals surface area contributed by atoms with Gasteiger partial charge < -0.3 is 10.2 Å². The summed E-state index contributed by atoms with van der Waals surface area (Å²) in [6.07, 6.45) is 2.58. The van der Waals surface area contributed by atoms with Gasteiger partial charge in [-0.2, -0.15) is 0 Å². The Labute approximate surface area is 155 Å². The van der Waals surface area contributed by atoms with E-state index in [0.29, 0.717) is 12.0 Å². The highest BCUT2D eigenvalue weighted by atomic mass is 32.2. The molecule has 0 saturated carbocycles. The predicted octanol–water partition coefficient (Wildman–Crippen LogP) is 4.73. The van der Waals surface area contributed by atoms with Gasteiger partial charge in [-0.05, 0) is 78.9 Å². The molecule has 0 amide bonds. The van der Waals surface area contributed by atoms with Crippen molar-refractivity contribution in [3.05, 3.63) is 47.0 Å². The van der Waals surface area contributed by atoms with Gasteiger partial charge in [0.25, 0.3) is 0 Å². The summed E-state index contributed by atoms with van der Waals surface area (Å²) in [6, 6.07) is 12.4. The van der Waals surface area contributed by atoms with Crippen molar-refractivity contribution < 1.29 is 0 Å². The Hall–Kier alpha value is -1.45. The smallest absolute Gasteiger partial charge is 0.0544 e. The van der Waals surface area contributed by atoms with Crippen LogP contribution in [0.3, 0.4) is 0 Å². The SMILES string of the molecule is Cc1cccc(-c2cc3c4c(c2)[C@@H]2CNCC[C@@H]2N4CCCS3)c1C. The molecule has 1 saturated heterocycles. The molecule has 0 aromatic heterocycles. The van der Waals surface area contributed by atoms with Crippen LogP contribution in [0.2, 0.25) is 0 Å². The van der Waals surface area contributed by atoms with Crippen LogP contribution in [-0.4, -0.2) is 31.4 Å². The first-order valence-electron chi connectivity index (χ1n) is 9.59. The number of hydrogen-bond donors (Lipinski definition) is 1. The summed E-state index contributed by atoms with van der Waals surface area (Å²) in [4.78, 5) is 4.27. The van der Waals surface area contributed by atoms with E-state index in [1.807, 2.05) is 0 Å². The maximum absolute atomic E-state index is 3.64. The largest absolute Gasteiger partial charge is 0.367 e. The second-order valence-electron chi connectivity index (χ2n) is 7.72. The number of fused-ring (bicyclic) bond motifs is 3. The van der Waals surface area contributed by atoms with Gasteiger partial charge in [0.15, 0.2) is 0 Å². The van der Waals surface area contributed by atoms with Crippen LogP contribution < -0.4 is 10.2 Å². The third-order valence-electron chi connectivity index (χ3n) is 6.35. The zero-order valence-corrected chi connectivity index (χ0v) is 16.0. The number of hydrogen-bond acceptors (Lipinski definition) is 3. The van der Waals surface area contributed by atoms with E-state index in [-0.39, 0.29) is 0 Å². The molecular formula is C22H26N2S. The molecular weight excluding hydrogens is 324 g/mol. The van der Waals surface area contributed by atoms with Crippen LogP contribution in [-0.2, 0) is 0 Å². The fourth-order valence-electron chi connectivity index (χ4n) is 4.94. The van der Waals surface area contributed by atoms with Crippen LogP contribution in [0.1, 0.15) is 35.4 Å². The van der Waals surface area contributed by atoms with Crippen molar-refractivity contribution in [2.75, 3.05) is 30.3 Å². The van der Waals surface area contributed by atoms with Gasteiger partial charge in [0.05, 0.1) is 5.69 Å². The minimum atomic E-state index is 0.659. The Kier molecular flexibility index (Phi) is 3.83. The molecule has 3 heteroatoms. The summed E-state index contributed by atoms with van der Waals surface area (Å²) >= 11 is 2.07. The van der Waals surface area contributed by atoms with Gasteiger partial charge in [-0.25, -0.2) is 0 Å². The lowest BCUT2D eigenvalue weighted by molar-refractivity contribution is 0.403. The lowest BCUT2D eigenvalue weighted by Crippen LogP contribution is -2.44. The Morgan fingerprint density at radius 3 is 3.04 bits per heavy atom. The summed E-state index contributed by atoms with van der Waals surface area (Å²) in [6.45, 7) is 8.02. The summed E-state index contributed by atoms with van der Waals surface area (Å²) < 4.78 is 0. The van der Waals surface area contributed by atoms with Crippen LogP contribution in [0.15, 0.2) is 35.2 Å². The Morgan fingerprint density at radius 1 is 1.20 bits per heavy atom. The van der Waals surface area contributed by atoms with E-state index in [9.17, 15) is 0 Å². The highest BCUT2D eigenvalue weighted by Crippen LogP contribution is 2.51. The van der Waals surface area contributed by atoms with Gasteiger partial charge >= 0.3 is 0 Å². The number of nitrogens with zero attached hydrogens (tertiary/aromatic N) is 1. The third kappa shape index (κ3) is 2.43. The van der Waals surface area contributed by atoms with E-state index >= 15 is 0 Å². The van der Waals surface area contributed by atoms with Crippen LogP contribution in [0.25, 0.3) is 11.1 Å². The summed E-state index contributed by atoms with van der Waals surface area (Å²) in [5.74, 6) is 1.90. The molecule has 1 N–H and O–H groups in total. The fraction of sp³-hybridized carbons (Fsp3) is 0.455. The molecule has 3 heterocycles. The van der Waals surface area contributed by atoms with Crippen molar-refractivity contribution >= 4 is 17.4 Å². The van der Waals surface area contributed by atoms with Crippen molar-refractivity contribution in [3.8, 4) is 11.1 Å². The lowest BCUT2D eigenvalue weighted by atomic mass is 9.88. The minimum absolute atomic E-state index is 0.659. The van der Waals surface area contributed by atoms with Crippen molar-refractivity contribution in [2.45, 2.75) is 43.5 Å². The lowest BCUT2D eigenvalue weighted by Gasteiger charge is -2.33. The summed E-state index contributed by atoms with van der Waals surface area (Å²) in [7, 11) is 0. The highest BCUT2D eigenvalue weighted by molar-refractivity contribution is 7.99. The second kappa shape index (κ2) is 6.07. The van der Waals surface area contributed by atoms with Crippen molar-refractivity contribution in [2.24, 2.45) is 0 Å². The second-order valence-corrected chi connectivity index (χ2v) is 8.86. The Bertz CT molecular complexity index is 829. The number of thioether (sulfide) groups is 1. The molecule has 0 bridgehead atoms. The molecule has 0 aliphatic carbocycles. The molecule has 25 heavy (non-hydrogen) atoms. The topological polar surface area (TPSA) is 15.3 Å². The zero-order chi connectivity index (χ0) is 17.0. The van der Waals surface area contributed by atoms with Gasteiger partial charge in [0, 0.05) is 29.9 Å². The number of aryl methyl sites for hydroxylation is 1. The van der Waals surface area contributed by atoms with Gasteiger partial charge in [0.2, 0.25) is 0 Å². The molecule has 2 aromatic rings. The number of rotatable bonds is 1. The predicted molar refractivity (Wildman–Crippen MR) is 108 cm³/mol. The maximum Gasteiger partial charge on any atom is 0.0544 e. The molecule has 2 nitrogen and oxygen atoms in total. The zero-order valence-electron chi connectivity index (χ0n) is 15.1. The molecule has 130 valence electrons. The molecule has 3 aliphatic rings. The third-order valence-corrected chi connectivity index (χ3v) is 7.47. The van der Waals surface area contributed by atoms with Gasteiger partial charge in [0.1, 0.15) is 0 Å². The quantitative estimate of drug-likeness (QED) is 0.800. The first kappa shape index (κ1) is 15.8. The molecule has 0 radical (unpaired) electrons. The molecule has 3 aliphatic heterocycles. The minimum Gasteiger partial charge on any atom is -0.367 e. The summed E-state index contributed by atoms with van der Waals surface area (Å²) in [5.41, 5.74) is 8.78. The molecule has 0 spiro atoms. The number of benzene rings is 2. The molecule has 0 unspecified atom stereocenters. The molecule has 2 aromatic carbocycles. The fourth-order valence-corrected chi connectivity index (χ4v) is 6.02. The molecule has 2 atom stereocenters. The summed E-state index contributed by atoms with van der Waals surface area (Å²) in [5, 5.41) is 3.64. The number of piperidine rings is 1.